The van der Waals surface area contributed by atoms with Crippen LogP contribution in [-0.2, 0) is 0 Å². The Hall–Kier alpha value is 0.270. The summed E-state index contributed by atoms with van der Waals surface area (Å²) in [5.74, 6) is 2.60. The number of likely N-dealkylation sites (tertiary alicyclic amines) is 1. The zero-order valence-electron chi connectivity index (χ0n) is 10.3. The van der Waals surface area contributed by atoms with Gasteiger partial charge in [-0.3, -0.25) is 4.90 Å². The first kappa shape index (κ1) is 13.3. The molecule has 2 nitrogen and oxygen atoms in total. The van der Waals surface area contributed by atoms with Crippen LogP contribution < -0.4 is 5.32 Å². The molecule has 0 bridgehead atoms. The highest BCUT2D eigenvalue weighted by atomic mass is 32.2. The molecule has 1 rings (SSSR count). The Balaban J connectivity index is 2.17. The molecule has 1 aliphatic rings. The Morgan fingerprint density at radius 1 is 1.40 bits per heavy atom. The van der Waals surface area contributed by atoms with Gasteiger partial charge in [-0.1, -0.05) is 13.3 Å². The standard InChI is InChI=1S/C12H26N2S/c1-3-15-10-6-9-14-8-5-4-7-12(14)11-13-2/h12-13H,3-11H2,1-2H3. The van der Waals surface area contributed by atoms with Gasteiger partial charge >= 0.3 is 0 Å². The first-order valence-electron chi connectivity index (χ1n) is 6.35. The third kappa shape index (κ3) is 5.23. The van der Waals surface area contributed by atoms with Gasteiger partial charge in [0.05, 0.1) is 0 Å². The van der Waals surface area contributed by atoms with Crippen LogP contribution >= 0.6 is 11.8 Å². The van der Waals surface area contributed by atoms with Gasteiger partial charge in [0.2, 0.25) is 0 Å². The van der Waals surface area contributed by atoms with Crippen LogP contribution in [0.3, 0.4) is 0 Å². The summed E-state index contributed by atoms with van der Waals surface area (Å²) in [6, 6.07) is 0.801. The molecule has 15 heavy (non-hydrogen) atoms. The molecular formula is C12H26N2S. The van der Waals surface area contributed by atoms with Crippen LogP contribution in [-0.4, -0.2) is 49.1 Å². The third-order valence-corrected chi connectivity index (χ3v) is 4.11. The summed E-state index contributed by atoms with van der Waals surface area (Å²) < 4.78 is 0. The number of rotatable bonds is 7. The van der Waals surface area contributed by atoms with Gasteiger partial charge in [-0.25, -0.2) is 0 Å². The lowest BCUT2D eigenvalue weighted by Gasteiger charge is -2.35. The van der Waals surface area contributed by atoms with Crippen LogP contribution in [0.4, 0.5) is 0 Å². The molecule has 1 N–H and O–H groups in total. The molecule has 1 heterocycles. The lowest BCUT2D eigenvalue weighted by atomic mass is 10.0. The summed E-state index contributed by atoms with van der Waals surface area (Å²) in [5.41, 5.74) is 0. The van der Waals surface area contributed by atoms with Crippen molar-refractivity contribution in [1.82, 2.24) is 10.2 Å². The van der Waals surface area contributed by atoms with Crippen LogP contribution in [0.25, 0.3) is 0 Å². The van der Waals surface area contributed by atoms with Crippen molar-refractivity contribution in [2.45, 2.75) is 38.6 Å². The minimum atomic E-state index is 0.801. The fourth-order valence-electron chi connectivity index (χ4n) is 2.34. The fraction of sp³-hybridized carbons (Fsp3) is 1.00. The van der Waals surface area contributed by atoms with Crippen LogP contribution in [0.15, 0.2) is 0 Å². The minimum Gasteiger partial charge on any atom is -0.318 e. The molecule has 0 spiro atoms. The number of nitrogens with zero attached hydrogens (tertiary/aromatic N) is 1. The molecule has 0 radical (unpaired) electrons. The molecule has 1 saturated heterocycles. The van der Waals surface area contributed by atoms with Crippen molar-refractivity contribution in [3.8, 4) is 0 Å². The number of hydrogen-bond donors (Lipinski definition) is 1. The predicted molar refractivity (Wildman–Crippen MR) is 70.8 cm³/mol. The van der Waals surface area contributed by atoms with Gasteiger partial charge in [-0.05, 0) is 50.9 Å². The summed E-state index contributed by atoms with van der Waals surface area (Å²) in [7, 11) is 2.07. The van der Waals surface area contributed by atoms with E-state index in [9.17, 15) is 0 Å². The number of likely N-dealkylation sites (N-methyl/N-ethyl adjacent to an activating group) is 1. The number of nitrogens with one attached hydrogen (secondary N) is 1. The highest BCUT2D eigenvalue weighted by molar-refractivity contribution is 7.99. The highest BCUT2D eigenvalue weighted by Crippen LogP contribution is 2.17. The Morgan fingerprint density at radius 3 is 3.00 bits per heavy atom. The summed E-state index contributed by atoms with van der Waals surface area (Å²) in [6.07, 6.45) is 5.58. The first-order valence-corrected chi connectivity index (χ1v) is 7.50. The molecule has 0 aromatic heterocycles. The summed E-state index contributed by atoms with van der Waals surface area (Å²) >= 11 is 2.07. The highest BCUT2D eigenvalue weighted by Gasteiger charge is 2.20. The molecule has 0 aromatic rings. The number of piperidine rings is 1. The van der Waals surface area contributed by atoms with Gasteiger partial charge in [0, 0.05) is 12.6 Å². The monoisotopic (exact) mass is 230 g/mol. The van der Waals surface area contributed by atoms with Gasteiger partial charge in [-0.15, -0.1) is 0 Å². The SMILES string of the molecule is CCSCCCN1CCCCC1CNC. The molecule has 0 saturated carbocycles. The van der Waals surface area contributed by atoms with Crippen molar-refractivity contribution >= 4 is 11.8 Å². The van der Waals surface area contributed by atoms with Gasteiger partial charge < -0.3 is 5.32 Å². The minimum absolute atomic E-state index is 0.801. The second-order valence-electron chi connectivity index (χ2n) is 4.29. The lowest BCUT2D eigenvalue weighted by molar-refractivity contribution is 0.148. The largest absolute Gasteiger partial charge is 0.318 e. The Kier molecular flexibility index (Phi) is 7.49. The summed E-state index contributed by atoms with van der Waals surface area (Å²) in [6.45, 7) is 6.04. The smallest absolute Gasteiger partial charge is 0.0220 e. The maximum atomic E-state index is 3.32. The Bertz CT molecular complexity index is 151. The maximum Gasteiger partial charge on any atom is 0.0220 e. The zero-order valence-corrected chi connectivity index (χ0v) is 11.1. The van der Waals surface area contributed by atoms with Crippen molar-refractivity contribution in [1.29, 1.82) is 0 Å². The zero-order chi connectivity index (χ0) is 10.9. The van der Waals surface area contributed by atoms with E-state index in [1.165, 1.54) is 56.8 Å². The van der Waals surface area contributed by atoms with Crippen LogP contribution in [0.5, 0.6) is 0 Å². The van der Waals surface area contributed by atoms with Gasteiger partial charge in [0.25, 0.3) is 0 Å². The maximum absolute atomic E-state index is 3.32. The second-order valence-corrected chi connectivity index (χ2v) is 5.69. The van der Waals surface area contributed by atoms with E-state index in [1.54, 1.807) is 0 Å². The van der Waals surface area contributed by atoms with E-state index in [0.717, 1.165) is 6.04 Å². The molecule has 1 unspecified atom stereocenters. The van der Waals surface area contributed by atoms with E-state index in [-0.39, 0.29) is 0 Å². The first-order chi connectivity index (χ1) is 7.38. The van der Waals surface area contributed by atoms with E-state index in [0.29, 0.717) is 0 Å². The molecule has 90 valence electrons. The van der Waals surface area contributed by atoms with E-state index in [2.05, 4.69) is 35.9 Å². The van der Waals surface area contributed by atoms with Gasteiger partial charge in [0.15, 0.2) is 0 Å². The van der Waals surface area contributed by atoms with Crippen molar-refractivity contribution in [2.75, 3.05) is 38.2 Å². The normalized spacial score (nSPS) is 23.2. The molecule has 3 heteroatoms. The molecule has 1 aliphatic heterocycles. The van der Waals surface area contributed by atoms with Crippen molar-refractivity contribution < 1.29 is 0 Å². The van der Waals surface area contributed by atoms with Gasteiger partial charge in [0.1, 0.15) is 0 Å². The van der Waals surface area contributed by atoms with Crippen molar-refractivity contribution in [3.63, 3.8) is 0 Å². The summed E-state index contributed by atoms with van der Waals surface area (Å²) in [5, 5.41) is 3.32. The van der Waals surface area contributed by atoms with E-state index in [1.807, 2.05) is 0 Å². The Labute approximate surface area is 99.2 Å². The van der Waals surface area contributed by atoms with E-state index in [4.69, 9.17) is 0 Å². The predicted octanol–water partition coefficient (Wildman–Crippen LogP) is 2.20. The van der Waals surface area contributed by atoms with E-state index < -0.39 is 0 Å². The Morgan fingerprint density at radius 2 is 2.27 bits per heavy atom. The molecule has 1 fully saturated rings. The van der Waals surface area contributed by atoms with Crippen LogP contribution in [0.1, 0.15) is 32.6 Å². The average Bonchev–Trinajstić information content (AvgIpc) is 2.27. The number of hydrogen-bond acceptors (Lipinski definition) is 3. The molecule has 0 aromatic carbocycles. The van der Waals surface area contributed by atoms with Crippen molar-refractivity contribution in [3.05, 3.63) is 0 Å². The molecule has 0 aliphatic carbocycles. The van der Waals surface area contributed by atoms with Crippen molar-refractivity contribution in [2.24, 2.45) is 0 Å². The lowest BCUT2D eigenvalue weighted by Crippen LogP contribution is -2.45. The topological polar surface area (TPSA) is 15.3 Å². The number of thioether (sulfide) groups is 1. The molecular weight excluding hydrogens is 204 g/mol. The average molecular weight is 230 g/mol. The third-order valence-electron chi connectivity index (χ3n) is 3.13. The molecule has 1 atom stereocenters. The van der Waals surface area contributed by atoms with Crippen LogP contribution in [0, 0.1) is 0 Å². The quantitative estimate of drug-likeness (QED) is 0.675. The van der Waals surface area contributed by atoms with Gasteiger partial charge in [-0.2, -0.15) is 11.8 Å². The molecule has 0 amide bonds. The van der Waals surface area contributed by atoms with Crippen LogP contribution in [0.2, 0.25) is 0 Å². The van der Waals surface area contributed by atoms with E-state index >= 15 is 0 Å². The fourth-order valence-corrected chi connectivity index (χ4v) is 2.96. The summed E-state index contributed by atoms with van der Waals surface area (Å²) in [4.78, 5) is 2.69. The second kappa shape index (κ2) is 8.43.